The molecule has 0 aliphatic carbocycles. The molecule has 1 aromatic carbocycles. The number of aryl methyl sites for hydroxylation is 1. The minimum atomic E-state index is -1.02. The summed E-state index contributed by atoms with van der Waals surface area (Å²) in [6.45, 7) is 7.64. The number of benzene rings is 1. The second-order valence-corrected chi connectivity index (χ2v) is 11.0. The highest BCUT2D eigenvalue weighted by Gasteiger charge is 2.43. The minimum absolute atomic E-state index is 0.0429. The molecule has 3 N–H and O–H groups in total. The van der Waals surface area contributed by atoms with Crippen LogP contribution in [0.25, 0.3) is 0 Å². The zero-order valence-electron chi connectivity index (χ0n) is 21.2. The maximum absolute atomic E-state index is 13.1. The van der Waals surface area contributed by atoms with Gasteiger partial charge in [0.2, 0.25) is 0 Å². The lowest BCUT2D eigenvalue weighted by molar-refractivity contribution is -0.143. The lowest BCUT2D eigenvalue weighted by atomic mass is 9.75. The smallest absolute Gasteiger partial charge is 0.326 e. The Kier molecular flexibility index (Phi) is 7.48. The summed E-state index contributed by atoms with van der Waals surface area (Å²) in [5.41, 5.74) is 1.27. The maximum Gasteiger partial charge on any atom is 0.326 e. The quantitative estimate of drug-likeness (QED) is 0.331. The molecule has 6 aliphatic heterocycles. The van der Waals surface area contributed by atoms with Crippen molar-refractivity contribution in [2.24, 2.45) is 23.7 Å². The van der Waals surface area contributed by atoms with E-state index in [-0.39, 0.29) is 17.7 Å². The van der Waals surface area contributed by atoms with Crippen molar-refractivity contribution in [1.29, 1.82) is 0 Å². The summed E-state index contributed by atoms with van der Waals surface area (Å²) in [5.74, 6) is -1.22. The first-order chi connectivity index (χ1) is 17.8. The fourth-order valence-electron chi connectivity index (χ4n) is 6.89. The number of nitrogens with one attached hydrogen (secondary N) is 2. The molecule has 10 heteroatoms. The van der Waals surface area contributed by atoms with Crippen LogP contribution in [0.3, 0.4) is 0 Å². The number of carbonyl (C=O) groups is 4. The third-order valence-corrected chi connectivity index (χ3v) is 8.99. The van der Waals surface area contributed by atoms with Crippen LogP contribution in [0.1, 0.15) is 52.0 Å². The zero-order valence-corrected chi connectivity index (χ0v) is 21.2. The summed E-state index contributed by atoms with van der Waals surface area (Å²) in [5, 5.41) is 15.5. The number of carbonyl (C=O) groups excluding carboxylic acids is 3. The maximum atomic E-state index is 13.1. The van der Waals surface area contributed by atoms with Gasteiger partial charge in [-0.2, -0.15) is 0 Å². The molecule has 7 rings (SSSR count). The van der Waals surface area contributed by atoms with Gasteiger partial charge in [-0.1, -0.05) is 0 Å². The van der Waals surface area contributed by atoms with E-state index in [1.807, 2.05) is 0 Å². The van der Waals surface area contributed by atoms with Crippen LogP contribution in [0.5, 0.6) is 0 Å². The average Bonchev–Trinajstić information content (AvgIpc) is 2.92. The van der Waals surface area contributed by atoms with Crippen molar-refractivity contribution in [3.8, 4) is 0 Å². The van der Waals surface area contributed by atoms with Crippen molar-refractivity contribution in [2.45, 2.75) is 44.9 Å². The molecule has 0 saturated carbocycles. The average molecular weight is 513 g/mol. The number of carboxylic acid groups (broad SMARTS) is 1. The highest BCUT2D eigenvalue weighted by Crippen LogP contribution is 2.35. The van der Waals surface area contributed by atoms with Crippen LogP contribution < -0.4 is 10.6 Å². The molecule has 6 saturated heterocycles. The molecule has 1 aromatic rings. The van der Waals surface area contributed by atoms with Crippen LogP contribution in [0.2, 0.25) is 0 Å². The van der Waals surface area contributed by atoms with Gasteiger partial charge in [-0.3, -0.25) is 14.4 Å². The number of ether oxygens (including phenoxy) is 1. The van der Waals surface area contributed by atoms with Crippen LogP contribution >= 0.6 is 0 Å². The van der Waals surface area contributed by atoms with Crippen molar-refractivity contribution < 1.29 is 29.0 Å². The second-order valence-electron chi connectivity index (χ2n) is 11.0. The molecule has 10 nitrogen and oxygen atoms in total. The molecule has 6 fully saturated rings. The van der Waals surface area contributed by atoms with Gasteiger partial charge in [-0.15, -0.1) is 0 Å². The van der Waals surface area contributed by atoms with Crippen molar-refractivity contribution in [1.82, 2.24) is 20.4 Å². The molecule has 0 radical (unpaired) electrons. The van der Waals surface area contributed by atoms with E-state index >= 15 is 0 Å². The lowest BCUT2D eigenvalue weighted by Crippen LogP contribution is -2.57. The highest BCUT2D eigenvalue weighted by atomic mass is 16.5. The summed E-state index contributed by atoms with van der Waals surface area (Å²) in [6, 6.07) is 3.75. The van der Waals surface area contributed by atoms with Crippen LogP contribution in [-0.2, 0) is 14.3 Å². The van der Waals surface area contributed by atoms with Gasteiger partial charge in [0.05, 0.1) is 0 Å². The normalized spacial score (nSPS) is 31.7. The molecule has 200 valence electrons. The Labute approximate surface area is 216 Å². The SMILES string of the molecule is Cc1cc(C(=O)NC(C(=O)O)[C@H]2CN3CCC2CC3)ccc1C(=O)NC(OC=O)[C@H]1CN2CCC1CC2. The molecular weight excluding hydrogens is 476 g/mol. The molecule has 6 aliphatic rings. The van der Waals surface area contributed by atoms with Gasteiger partial charge in [0.15, 0.2) is 6.23 Å². The Balaban J connectivity index is 1.25. The summed E-state index contributed by atoms with van der Waals surface area (Å²) in [7, 11) is 0. The Bertz CT molecular complexity index is 1050. The van der Waals surface area contributed by atoms with Crippen molar-refractivity contribution in [2.75, 3.05) is 39.3 Å². The molecule has 2 unspecified atom stereocenters. The van der Waals surface area contributed by atoms with Crippen LogP contribution in [0.4, 0.5) is 0 Å². The van der Waals surface area contributed by atoms with Crippen LogP contribution in [0, 0.1) is 30.6 Å². The molecule has 0 aromatic heterocycles. The predicted octanol–water partition coefficient (Wildman–Crippen LogP) is 1.09. The predicted molar refractivity (Wildman–Crippen MR) is 134 cm³/mol. The number of rotatable bonds is 9. The number of amides is 2. The summed E-state index contributed by atoms with van der Waals surface area (Å²) < 4.78 is 5.31. The second kappa shape index (κ2) is 10.8. The fourth-order valence-corrected chi connectivity index (χ4v) is 6.89. The zero-order chi connectivity index (χ0) is 26.1. The Hall–Kier alpha value is -2.98. The van der Waals surface area contributed by atoms with E-state index in [4.69, 9.17) is 4.74 Å². The molecule has 2 amide bonds. The number of hydrogen-bond donors (Lipinski definition) is 3. The molecule has 4 atom stereocenters. The summed E-state index contributed by atoms with van der Waals surface area (Å²) >= 11 is 0. The fraction of sp³-hybridized carbons (Fsp3) is 0.630. The number of nitrogens with zero attached hydrogens (tertiary/aromatic N) is 2. The Morgan fingerprint density at radius 2 is 1.54 bits per heavy atom. The largest absolute Gasteiger partial charge is 0.480 e. The molecular formula is C27H36N4O6. The van der Waals surface area contributed by atoms with Gasteiger partial charge < -0.3 is 30.3 Å². The van der Waals surface area contributed by atoms with E-state index in [0.717, 1.165) is 58.4 Å². The third kappa shape index (κ3) is 5.36. The third-order valence-electron chi connectivity index (χ3n) is 8.99. The number of carboxylic acids is 1. The first kappa shape index (κ1) is 25.7. The monoisotopic (exact) mass is 512 g/mol. The first-order valence-corrected chi connectivity index (χ1v) is 13.3. The standard InChI is InChI=1S/C27H36N4O6/c1-16-12-19(24(33)28-23(27(35)36)21-13-30-8-4-17(21)5-9-30)2-3-20(16)25(34)29-26(37-15-32)22-14-31-10-6-18(22)7-11-31/h2-3,12,15,17-18,21-23,26H,4-11,13-14H2,1H3,(H,28,33)(H,29,34)(H,35,36)/t21-,22-,23?,26?/m0/s1. The van der Waals surface area contributed by atoms with Crippen LogP contribution in [0.15, 0.2) is 18.2 Å². The van der Waals surface area contributed by atoms with E-state index in [1.165, 1.54) is 6.07 Å². The van der Waals surface area contributed by atoms with Crippen molar-refractivity contribution in [3.63, 3.8) is 0 Å². The van der Waals surface area contributed by atoms with Gasteiger partial charge in [0.25, 0.3) is 18.3 Å². The number of piperidine rings is 6. The number of fused-ring (bicyclic) bond motifs is 6. The molecule has 37 heavy (non-hydrogen) atoms. The van der Waals surface area contributed by atoms with E-state index in [1.54, 1.807) is 19.1 Å². The van der Waals surface area contributed by atoms with E-state index < -0.39 is 24.1 Å². The summed E-state index contributed by atoms with van der Waals surface area (Å²) in [6.07, 6.45) is 3.26. The summed E-state index contributed by atoms with van der Waals surface area (Å²) in [4.78, 5) is 54.0. The lowest BCUT2D eigenvalue weighted by Gasteiger charge is -2.46. The van der Waals surface area contributed by atoms with Gasteiger partial charge >= 0.3 is 5.97 Å². The number of aliphatic carboxylic acids is 1. The van der Waals surface area contributed by atoms with E-state index in [2.05, 4.69) is 20.4 Å². The Morgan fingerprint density at radius 3 is 2.03 bits per heavy atom. The van der Waals surface area contributed by atoms with Crippen LogP contribution in [-0.4, -0.2) is 90.7 Å². The molecule has 4 bridgehead atoms. The molecule has 6 heterocycles. The first-order valence-electron chi connectivity index (χ1n) is 13.3. The van der Waals surface area contributed by atoms with E-state index in [0.29, 0.717) is 41.5 Å². The van der Waals surface area contributed by atoms with Gasteiger partial charge in [-0.05, 0) is 94.4 Å². The van der Waals surface area contributed by atoms with Gasteiger partial charge in [0.1, 0.15) is 6.04 Å². The van der Waals surface area contributed by atoms with E-state index in [9.17, 15) is 24.3 Å². The van der Waals surface area contributed by atoms with Gasteiger partial charge in [0, 0.05) is 36.1 Å². The minimum Gasteiger partial charge on any atom is -0.480 e. The molecule has 0 spiro atoms. The van der Waals surface area contributed by atoms with Crippen molar-refractivity contribution in [3.05, 3.63) is 34.9 Å². The van der Waals surface area contributed by atoms with Crippen molar-refractivity contribution >= 4 is 24.3 Å². The topological polar surface area (TPSA) is 128 Å². The number of hydrogen-bond acceptors (Lipinski definition) is 7. The van der Waals surface area contributed by atoms with Gasteiger partial charge in [-0.25, -0.2) is 4.79 Å². The highest BCUT2D eigenvalue weighted by molar-refractivity contribution is 6.00. The Morgan fingerprint density at radius 1 is 0.946 bits per heavy atom.